The molecule has 1 aromatic rings. The van der Waals surface area contributed by atoms with Gasteiger partial charge in [-0.05, 0) is 63.5 Å². The minimum absolute atomic E-state index is 0.608. The highest BCUT2D eigenvalue weighted by Crippen LogP contribution is 2.19. The van der Waals surface area contributed by atoms with Crippen molar-refractivity contribution in [2.75, 3.05) is 40.3 Å². The molecule has 3 heteroatoms. The number of hydrogen-bond acceptors (Lipinski definition) is 3. The molecule has 0 aliphatic carbocycles. The van der Waals surface area contributed by atoms with E-state index in [0.29, 0.717) is 6.04 Å². The Labute approximate surface area is 129 Å². The van der Waals surface area contributed by atoms with Crippen molar-refractivity contribution in [3.05, 3.63) is 35.4 Å². The van der Waals surface area contributed by atoms with Crippen LogP contribution in [0, 0.1) is 5.92 Å². The second kappa shape index (κ2) is 6.91. The number of benzene rings is 1. The van der Waals surface area contributed by atoms with Crippen LogP contribution in [0.1, 0.15) is 24.0 Å². The minimum atomic E-state index is 0.608. The number of nitrogens with zero attached hydrogens (tertiary/aromatic N) is 2. The number of hydrogen-bond donors (Lipinski definition) is 1. The van der Waals surface area contributed by atoms with Crippen molar-refractivity contribution in [2.45, 2.75) is 31.8 Å². The molecule has 116 valence electrons. The van der Waals surface area contributed by atoms with E-state index in [9.17, 15) is 0 Å². The molecular weight excluding hydrogens is 258 g/mol. The molecule has 0 saturated carbocycles. The van der Waals surface area contributed by atoms with Gasteiger partial charge in [-0.3, -0.25) is 0 Å². The number of nitrogens with one attached hydrogen (secondary N) is 1. The summed E-state index contributed by atoms with van der Waals surface area (Å²) in [5.74, 6) is 0.891. The van der Waals surface area contributed by atoms with Crippen molar-refractivity contribution in [3.8, 4) is 0 Å². The molecule has 2 aliphatic rings. The van der Waals surface area contributed by atoms with Crippen molar-refractivity contribution >= 4 is 0 Å². The molecule has 1 fully saturated rings. The highest BCUT2D eigenvalue weighted by atomic mass is 15.1. The summed E-state index contributed by atoms with van der Waals surface area (Å²) >= 11 is 0. The molecule has 21 heavy (non-hydrogen) atoms. The summed E-state index contributed by atoms with van der Waals surface area (Å²) in [6.07, 6.45) is 3.90. The molecule has 1 aromatic carbocycles. The maximum absolute atomic E-state index is 3.70. The van der Waals surface area contributed by atoms with Gasteiger partial charge in [-0.15, -0.1) is 0 Å². The predicted molar refractivity (Wildman–Crippen MR) is 88.5 cm³/mol. The van der Waals surface area contributed by atoms with Gasteiger partial charge in [0, 0.05) is 25.7 Å². The first-order valence-electron chi connectivity index (χ1n) is 8.38. The monoisotopic (exact) mass is 287 g/mol. The van der Waals surface area contributed by atoms with Gasteiger partial charge in [-0.1, -0.05) is 24.3 Å². The molecule has 1 unspecified atom stereocenters. The highest BCUT2D eigenvalue weighted by Gasteiger charge is 2.22. The summed E-state index contributed by atoms with van der Waals surface area (Å²) in [4.78, 5) is 5.00. The summed E-state index contributed by atoms with van der Waals surface area (Å²) in [5, 5.41) is 3.70. The second-order valence-corrected chi connectivity index (χ2v) is 7.02. The first kappa shape index (κ1) is 15.0. The molecule has 1 N–H and O–H groups in total. The lowest BCUT2D eigenvalue weighted by atomic mass is 9.94. The molecule has 0 spiro atoms. The number of likely N-dealkylation sites (tertiary alicyclic amines) is 1. The van der Waals surface area contributed by atoms with Crippen molar-refractivity contribution in [3.63, 3.8) is 0 Å². The smallest absolute Gasteiger partial charge is 0.0238 e. The molecule has 0 amide bonds. The van der Waals surface area contributed by atoms with Crippen LogP contribution in [-0.4, -0.2) is 56.1 Å². The normalized spacial score (nSPS) is 24.2. The Kier molecular flexibility index (Phi) is 4.94. The fraction of sp³-hybridized carbons (Fsp3) is 0.667. The lowest BCUT2D eigenvalue weighted by molar-refractivity contribution is 0.168. The fourth-order valence-electron chi connectivity index (χ4n) is 3.79. The zero-order chi connectivity index (χ0) is 14.7. The van der Waals surface area contributed by atoms with Crippen LogP contribution in [0.15, 0.2) is 24.3 Å². The van der Waals surface area contributed by atoms with Crippen molar-refractivity contribution in [1.82, 2.24) is 15.1 Å². The van der Waals surface area contributed by atoms with Crippen LogP contribution in [-0.2, 0) is 13.0 Å². The molecule has 2 aliphatic heterocycles. The molecule has 0 bridgehead atoms. The number of fused-ring (bicyclic) bond motifs is 1. The number of likely N-dealkylation sites (N-methyl/N-ethyl adjacent to an activating group) is 1. The van der Waals surface area contributed by atoms with Gasteiger partial charge in [0.25, 0.3) is 0 Å². The van der Waals surface area contributed by atoms with Crippen LogP contribution in [0.2, 0.25) is 0 Å². The Morgan fingerprint density at radius 2 is 1.86 bits per heavy atom. The number of rotatable bonds is 4. The third kappa shape index (κ3) is 4.06. The Balaban J connectivity index is 1.46. The van der Waals surface area contributed by atoms with Gasteiger partial charge in [0.1, 0.15) is 0 Å². The lowest BCUT2D eigenvalue weighted by Gasteiger charge is -2.34. The molecule has 3 rings (SSSR count). The van der Waals surface area contributed by atoms with Crippen molar-refractivity contribution in [1.29, 1.82) is 0 Å². The molecule has 1 atom stereocenters. The average Bonchev–Trinajstić information content (AvgIpc) is 2.49. The van der Waals surface area contributed by atoms with E-state index < -0.39 is 0 Å². The van der Waals surface area contributed by atoms with Gasteiger partial charge < -0.3 is 15.1 Å². The third-order valence-electron chi connectivity index (χ3n) is 5.11. The van der Waals surface area contributed by atoms with Crippen LogP contribution in [0.3, 0.4) is 0 Å². The Hall–Kier alpha value is -0.900. The second-order valence-electron chi connectivity index (χ2n) is 7.02. The average molecular weight is 287 g/mol. The van der Waals surface area contributed by atoms with Gasteiger partial charge >= 0.3 is 0 Å². The van der Waals surface area contributed by atoms with Gasteiger partial charge in [-0.25, -0.2) is 0 Å². The molecular formula is C18H29N3. The Bertz CT molecular complexity index is 452. The SMILES string of the molecule is CN1CCC(CN(C)CC2Cc3ccccc3CN2)CC1. The van der Waals surface area contributed by atoms with E-state index in [2.05, 4.69) is 53.5 Å². The van der Waals surface area contributed by atoms with Gasteiger partial charge in [0.2, 0.25) is 0 Å². The van der Waals surface area contributed by atoms with E-state index in [-0.39, 0.29) is 0 Å². The standard InChI is InChI=1S/C18H29N3/c1-20-9-7-15(8-10-20)13-21(2)14-18-11-16-5-3-4-6-17(16)12-19-18/h3-6,15,18-19H,7-14H2,1-2H3. The van der Waals surface area contributed by atoms with Crippen molar-refractivity contribution < 1.29 is 0 Å². The fourth-order valence-corrected chi connectivity index (χ4v) is 3.79. The lowest BCUT2D eigenvalue weighted by Crippen LogP contribution is -2.45. The molecule has 1 saturated heterocycles. The summed E-state index contributed by atoms with van der Waals surface area (Å²) in [6, 6.07) is 9.47. The van der Waals surface area contributed by atoms with E-state index in [4.69, 9.17) is 0 Å². The van der Waals surface area contributed by atoms with Gasteiger partial charge in [0.15, 0.2) is 0 Å². The first-order valence-corrected chi connectivity index (χ1v) is 8.38. The molecule has 3 nitrogen and oxygen atoms in total. The Morgan fingerprint density at radius 1 is 1.14 bits per heavy atom. The Morgan fingerprint density at radius 3 is 2.62 bits per heavy atom. The maximum atomic E-state index is 3.70. The minimum Gasteiger partial charge on any atom is -0.308 e. The summed E-state index contributed by atoms with van der Waals surface area (Å²) in [5.41, 5.74) is 3.01. The first-order chi connectivity index (χ1) is 10.2. The van der Waals surface area contributed by atoms with E-state index in [1.165, 1.54) is 56.6 Å². The summed E-state index contributed by atoms with van der Waals surface area (Å²) in [7, 11) is 4.53. The third-order valence-corrected chi connectivity index (χ3v) is 5.11. The van der Waals surface area contributed by atoms with Crippen LogP contribution < -0.4 is 5.32 Å². The van der Waals surface area contributed by atoms with Gasteiger partial charge in [0.05, 0.1) is 0 Å². The highest BCUT2D eigenvalue weighted by molar-refractivity contribution is 5.29. The van der Waals surface area contributed by atoms with Crippen molar-refractivity contribution in [2.24, 2.45) is 5.92 Å². The number of piperidine rings is 1. The zero-order valence-electron chi connectivity index (χ0n) is 13.5. The van der Waals surface area contributed by atoms with E-state index in [1.54, 1.807) is 0 Å². The molecule has 2 heterocycles. The van der Waals surface area contributed by atoms with E-state index in [0.717, 1.165) is 12.5 Å². The molecule has 0 radical (unpaired) electrons. The zero-order valence-corrected chi connectivity index (χ0v) is 13.5. The quantitative estimate of drug-likeness (QED) is 0.913. The van der Waals surface area contributed by atoms with Crippen LogP contribution >= 0.6 is 0 Å². The van der Waals surface area contributed by atoms with Gasteiger partial charge in [-0.2, -0.15) is 0 Å². The van der Waals surface area contributed by atoms with E-state index in [1.807, 2.05) is 0 Å². The molecule has 0 aromatic heterocycles. The predicted octanol–water partition coefficient (Wildman–Crippen LogP) is 1.97. The van der Waals surface area contributed by atoms with E-state index >= 15 is 0 Å². The maximum Gasteiger partial charge on any atom is 0.0238 e. The largest absolute Gasteiger partial charge is 0.308 e. The van der Waals surface area contributed by atoms with Crippen LogP contribution in [0.4, 0.5) is 0 Å². The summed E-state index contributed by atoms with van der Waals surface area (Å²) < 4.78 is 0. The van der Waals surface area contributed by atoms with Crippen LogP contribution in [0.5, 0.6) is 0 Å². The topological polar surface area (TPSA) is 18.5 Å². The van der Waals surface area contributed by atoms with Crippen LogP contribution in [0.25, 0.3) is 0 Å². The summed E-state index contributed by atoms with van der Waals surface area (Å²) in [6.45, 7) is 6.00.